The van der Waals surface area contributed by atoms with E-state index in [2.05, 4.69) is 10.2 Å². The van der Waals surface area contributed by atoms with Gasteiger partial charge in [-0.3, -0.25) is 4.79 Å². The largest absolute Gasteiger partial charge is 0.420 e. The molecule has 1 amide bonds. The van der Waals surface area contributed by atoms with E-state index in [4.69, 9.17) is 16.0 Å². The van der Waals surface area contributed by atoms with Gasteiger partial charge in [0.25, 0.3) is 0 Å². The summed E-state index contributed by atoms with van der Waals surface area (Å²) in [5.74, 6) is 0.863. The fourth-order valence-corrected chi connectivity index (χ4v) is 3.18. The Morgan fingerprint density at radius 1 is 1.16 bits per heavy atom. The Morgan fingerprint density at radius 2 is 1.96 bits per heavy atom. The molecule has 6 heteroatoms. The van der Waals surface area contributed by atoms with Crippen molar-refractivity contribution in [2.75, 3.05) is 11.4 Å². The summed E-state index contributed by atoms with van der Waals surface area (Å²) in [7, 11) is 0. The van der Waals surface area contributed by atoms with Crippen molar-refractivity contribution in [3.05, 3.63) is 65.0 Å². The van der Waals surface area contributed by atoms with Gasteiger partial charge in [-0.15, -0.1) is 10.2 Å². The highest BCUT2D eigenvalue weighted by molar-refractivity contribution is 6.30. The topological polar surface area (TPSA) is 59.2 Å². The number of halogens is 1. The monoisotopic (exact) mass is 353 g/mol. The van der Waals surface area contributed by atoms with Crippen molar-refractivity contribution in [3.63, 3.8) is 0 Å². The highest BCUT2D eigenvalue weighted by Gasteiger charge is 2.35. The van der Waals surface area contributed by atoms with Gasteiger partial charge in [-0.1, -0.05) is 35.4 Å². The number of hydrogen-bond acceptors (Lipinski definition) is 4. The van der Waals surface area contributed by atoms with Crippen LogP contribution in [0.2, 0.25) is 5.02 Å². The molecule has 1 saturated heterocycles. The molecule has 1 atom stereocenters. The molecule has 1 aromatic heterocycles. The van der Waals surface area contributed by atoms with E-state index in [1.54, 1.807) is 17.0 Å². The van der Waals surface area contributed by atoms with Crippen molar-refractivity contribution in [3.8, 4) is 11.5 Å². The minimum absolute atomic E-state index is 0.0661. The maximum atomic E-state index is 12.4. The third kappa shape index (κ3) is 3.15. The van der Waals surface area contributed by atoms with Crippen LogP contribution in [0.4, 0.5) is 5.69 Å². The van der Waals surface area contributed by atoms with Gasteiger partial charge in [-0.25, -0.2) is 0 Å². The molecule has 0 spiro atoms. The van der Waals surface area contributed by atoms with Crippen LogP contribution < -0.4 is 4.90 Å². The van der Waals surface area contributed by atoms with E-state index < -0.39 is 0 Å². The van der Waals surface area contributed by atoms with E-state index in [-0.39, 0.29) is 11.8 Å². The van der Waals surface area contributed by atoms with Crippen LogP contribution >= 0.6 is 11.6 Å². The molecule has 1 unspecified atom stereocenters. The minimum atomic E-state index is -0.103. The number of amides is 1. The van der Waals surface area contributed by atoms with E-state index in [1.165, 1.54) is 0 Å². The molecule has 1 fully saturated rings. The van der Waals surface area contributed by atoms with Crippen molar-refractivity contribution in [1.29, 1.82) is 0 Å². The number of carbonyl (C=O) groups is 1. The maximum Gasteiger partial charge on any atom is 0.247 e. The maximum absolute atomic E-state index is 12.4. The summed E-state index contributed by atoms with van der Waals surface area (Å²) in [6, 6.07) is 15.2. The van der Waals surface area contributed by atoms with Crippen molar-refractivity contribution in [2.45, 2.75) is 19.3 Å². The second-order valence-corrected chi connectivity index (χ2v) is 6.63. The van der Waals surface area contributed by atoms with Crippen LogP contribution in [-0.4, -0.2) is 22.6 Å². The Morgan fingerprint density at radius 3 is 2.72 bits per heavy atom. The Balaban J connectivity index is 1.55. The van der Waals surface area contributed by atoms with Gasteiger partial charge in [0.2, 0.25) is 17.7 Å². The number of anilines is 1. The van der Waals surface area contributed by atoms with Gasteiger partial charge in [-0.2, -0.15) is 0 Å². The fraction of sp³-hybridized carbons (Fsp3) is 0.211. The highest BCUT2D eigenvalue weighted by Crippen LogP contribution is 2.32. The molecule has 2 heterocycles. The van der Waals surface area contributed by atoms with Crippen molar-refractivity contribution >= 4 is 23.2 Å². The zero-order valence-electron chi connectivity index (χ0n) is 13.6. The first-order valence-corrected chi connectivity index (χ1v) is 8.44. The normalized spacial score (nSPS) is 17.3. The number of hydrogen-bond donors (Lipinski definition) is 0. The van der Waals surface area contributed by atoms with E-state index in [0.29, 0.717) is 29.8 Å². The molecular weight excluding hydrogens is 338 g/mol. The fourth-order valence-electron chi connectivity index (χ4n) is 2.98. The van der Waals surface area contributed by atoms with Crippen LogP contribution in [0.1, 0.15) is 23.8 Å². The number of benzene rings is 2. The van der Waals surface area contributed by atoms with Gasteiger partial charge in [0.05, 0.1) is 5.92 Å². The molecule has 0 N–H and O–H groups in total. The smallest absolute Gasteiger partial charge is 0.247 e. The average Bonchev–Trinajstić information content (AvgIpc) is 3.23. The van der Waals surface area contributed by atoms with Crippen LogP contribution in [0.3, 0.4) is 0 Å². The lowest BCUT2D eigenvalue weighted by Crippen LogP contribution is -2.24. The second kappa shape index (κ2) is 6.33. The zero-order valence-corrected chi connectivity index (χ0v) is 14.4. The molecule has 5 nitrogen and oxygen atoms in total. The van der Waals surface area contributed by atoms with Crippen LogP contribution in [0.15, 0.2) is 52.9 Å². The molecular formula is C19H16ClN3O2. The predicted molar refractivity (Wildman–Crippen MR) is 95.6 cm³/mol. The molecule has 25 heavy (non-hydrogen) atoms. The Kier molecular flexibility index (Phi) is 4.01. The summed E-state index contributed by atoms with van der Waals surface area (Å²) in [5, 5.41) is 8.85. The molecule has 4 rings (SSSR count). The molecule has 2 aromatic carbocycles. The average molecular weight is 354 g/mol. The van der Waals surface area contributed by atoms with Crippen LogP contribution in [0.5, 0.6) is 0 Å². The molecule has 0 aliphatic carbocycles. The van der Waals surface area contributed by atoms with E-state index in [0.717, 1.165) is 16.8 Å². The predicted octanol–water partition coefficient (Wildman–Crippen LogP) is 4.22. The Hall–Kier alpha value is -2.66. The van der Waals surface area contributed by atoms with Gasteiger partial charge < -0.3 is 9.32 Å². The lowest BCUT2D eigenvalue weighted by molar-refractivity contribution is -0.117. The van der Waals surface area contributed by atoms with E-state index in [1.807, 2.05) is 43.3 Å². The number of aromatic nitrogens is 2. The summed E-state index contributed by atoms with van der Waals surface area (Å²) in [6.45, 7) is 2.56. The highest BCUT2D eigenvalue weighted by atomic mass is 35.5. The van der Waals surface area contributed by atoms with Gasteiger partial charge in [0.15, 0.2) is 0 Å². The third-order valence-electron chi connectivity index (χ3n) is 4.33. The standard InChI is InChI=1S/C19H16ClN3O2/c1-12-5-7-16(8-6-12)23-11-14(10-17(23)24)19-22-21-18(25-19)13-3-2-4-15(20)9-13/h2-9,14H,10-11H2,1H3. The first-order chi connectivity index (χ1) is 12.1. The van der Waals surface area contributed by atoms with Crippen LogP contribution in [0.25, 0.3) is 11.5 Å². The number of carbonyl (C=O) groups excluding carboxylic acids is 1. The first kappa shape index (κ1) is 15.8. The molecule has 0 radical (unpaired) electrons. The zero-order chi connectivity index (χ0) is 17.4. The van der Waals surface area contributed by atoms with Crippen LogP contribution in [0, 0.1) is 6.92 Å². The van der Waals surface area contributed by atoms with Gasteiger partial charge in [0.1, 0.15) is 0 Å². The quantitative estimate of drug-likeness (QED) is 0.707. The number of nitrogens with zero attached hydrogens (tertiary/aromatic N) is 3. The molecule has 126 valence electrons. The van der Waals surface area contributed by atoms with Crippen molar-refractivity contribution in [1.82, 2.24) is 10.2 Å². The Labute approximate surface area is 150 Å². The van der Waals surface area contributed by atoms with Gasteiger partial charge in [0, 0.05) is 29.2 Å². The third-order valence-corrected chi connectivity index (χ3v) is 4.57. The van der Waals surface area contributed by atoms with Crippen LogP contribution in [-0.2, 0) is 4.79 Å². The number of aryl methyl sites for hydroxylation is 1. The summed E-state index contributed by atoms with van der Waals surface area (Å²) in [6.07, 6.45) is 0.366. The lowest BCUT2D eigenvalue weighted by atomic mass is 10.1. The SMILES string of the molecule is Cc1ccc(N2CC(c3nnc(-c4cccc(Cl)c4)o3)CC2=O)cc1. The lowest BCUT2D eigenvalue weighted by Gasteiger charge is -2.16. The molecule has 1 aliphatic rings. The molecule has 0 saturated carbocycles. The minimum Gasteiger partial charge on any atom is -0.420 e. The summed E-state index contributed by atoms with van der Waals surface area (Å²) >= 11 is 6.00. The Bertz CT molecular complexity index is 920. The van der Waals surface area contributed by atoms with Gasteiger partial charge >= 0.3 is 0 Å². The summed E-state index contributed by atoms with van der Waals surface area (Å²) in [5.41, 5.74) is 2.83. The summed E-state index contributed by atoms with van der Waals surface area (Å²) in [4.78, 5) is 14.2. The van der Waals surface area contributed by atoms with Crippen molar-refractivity contribution in [2.24, 2.45) is 0 Å². The summed E-state index contributed by atoms with van der Waals surface area (Å²) < 4.78 is 5.80. The van der Waals surface area contributed by atoms with E-state index in [9.17, 15) is 4.79 Å². The van der Waals surface area contributed by atoms with Crippen molar-refractivity contribution < 1.29 is 9.21 Å². The first-order valence-electron chi connectivity index (χ1n) is 8.06. The van der Waals surface area contributed by atoms with E-state index >= 15 is 0 Å². The number of rotatable bonds is 3. The molecule has 3 aromatic rings. The van der Waals surface area contributed by atoms with Gasteiger partial charge in [-0.05, 0) is 37.3 Å². The molecule has 0 bridgehead atoms. The second-order valence-electron chi connectivity index (χ2n) is 6.20. The molecule has 1 aliphatic heterocycles.